The van der Waals surface area contributed by atoms with Crippen molar-refractivity contribution in [2.75, 3.05) is 13.1 Å². The molecule has 0 unspecified atom stereocenters. The van der Waals surface area contributed by atoms with E-state index in [-0.39, 0.29) is 30.7 Å². The molecule has 2 N–H and O–H groups in total. The van der Waals surface area contributed by atoms with Gasteiger partial charge in [-0.05, 0) is 31.2 Å². The Morgan fingerprint density at radius 3 is 2.80 bits per heavy atom. The molecule has 1 rings (SSSR count). The molecule has 0 aliphatic rings. The highest BCUT2D eigenvalue weighted by molar-refractivity contribution is 9.10. The topological polar surface area (TPSA) is 46.3 Å². The summed E-state index contributed by atoms with van der Waals surface area (Å²) in [6, 6.07) is 4.70. The molecule has 0 heterocycles. The van der Waals surface area contributed by atoms with Gasteiger partial charge in [0.15, 0.2) is 0 Å². The lowest BCUT2D eigenvalue weighted by Crippen LogP contribution is -2.31. The quantitative estimate of drug-likeness (QED) is 0.754. The first-order valence-electron chi connectivity index (χ1n) is 6.11. The molecule has 0 fully saturated rings. The van der Waals surface area contributed by atoms with E-state index in [9.17, 15) is 9.18 Å². The first-order valence-corrected chi connectivity index (χ1v) is 6.90. The zero-order valence-electron chi connectivity index (χ0n) is 11.1. The van der Waals surface area contributed by atoms with Gasteiger partial charge < -0.3 is 10.6 Å². The largest absolute Gasteiger partial charge is 0.335 e. The molecule has 0 spiro atoms. The minimum absolute atomic E-state index is 0. The van der Waals surface area contributed by atoms with Crippen LogP contribution in [-0.2, 0) is 11.3 Å². The van der Waals surface area contributed by atoms with Crippen molar-refractivity contribution in [3.05, 3.63) is 46.7 Å². The monoisotopic (exact) mass is 364 g/mol. The Morgan fingerprint density at radius 2 is 2.20 bits per heavy atom. The lowest BCUT2D eigenvalue weighted by atomic mass is 10.2. The number of hydrogen-bond acceptors (Lipinski definition) is 2. The molecule has 0 saturated carbocycles. The molecule has 0 bridgehead atoms. The number of carbonyl (C=O) groups is 1. The molecule has 0 atom stereocenters. The third-order valence-corrected chi connectivity index (χ3v) is 3.16. The Kier molecular flexibility index (Phi) is 9.46. The van der Waals surface area contributed by atoms with Gasteiger partial charge in [0.05, 0.1) is 0 Å². The molecule has 20 heavy (non-hydrogen) atoms. The number of benzene rings is 1. The lowest BCUT2D eigenvalue weighted by Gasteiger charge is -2.21. The molecule has 1 aromatic rings. The highest BCUT2D eigenvalue weighted by atomic mass is 79.9. The second kappa shape index (κ2) is 9.91. The fraction of sp³-hybridized carbons (Fsp3) is 0.357. The summed E-state index contributed by atoms with van der Waals surface area (Å²) in [6.07, 6.45) is 2.64. The smallest absolute Gasteiger partial charge is 0.223 e. The third kappa shape index (κ3) is 6.03. The van der Waals surface area contributed by atoms with Crippen LogP contribution in [0.4, 0.5) is 4.39 Å². The van der Waals surface area contributed by atoms with Crippen molar-refractivity contribution in [2.45, 2.75) is 19.4 Å². The number of carbonyl (C=O) groups excluding carboxylic acids is 1. The van der Waals surface area contributed by atoms with Crippen LogP contribution >= 0.6 is 28.3 Å². The molecule has 1 amide bonds. The average Bonchev–Trinajstić information content (AvgIpc) is 2.39. The summed E-state index contributed by atoms with van der Waals surface area (Å²) in [5.41, 5.74) is 5.87. The number of halogens is 3. The van der Waals surface area contributed by atoms with Crippen LogP contribution in [0.25, 0.3) is 0 Å². The van der Waals surface area contributed by atoms with Crippen molar-refractivity contribution in [3.8, 4) is 0 Å². The highest BCUT2D eigenvalue weighted by Gasteiger charge is 2.14. The Bertz CT molecular complexity index is 457. The second-order valence-corrected chi connectivity index (χ2v) is 5.11. The van der Waals surface area contributed by atoms with Gasteiger partial charge in [-0.15, -0.1) is 19.0 Å². The van der Waals surface area contributed by atoms with E-state index in [0.717, 1.165) is 4.47 Å². The highest BCUT2D eigenvalue weighted by Crippen LogP contribution is 2.17. The molecule has 3 nitrogen and oxygen atoms in total. The maximum atomic E-state index is 13.7. The molecular formula is C14H19BrClFN2O. The van der Waals surface area contributed by atoms with Gasteiger partial charge in [-0.2, -0.15) is 0 Å². The summed E-state index contributed by atoms with van der Waals surface area (Å²) >= 11 is 3.30. The van der Waals surface area contributed by atoms with Crippen molar-refractivity contribution >= 4 is 34.2 Å². The van der Waals surface area contributed by atoms with Crippen molar-refractivity contribution in [1.82, 2.24) is 4.90 Å². The first kappa shape index (κ1) is 19.1. The van der Waals surface area contributed by atoms with E-state index in [1.807, 2.05) is 0 Å². The minimum atomic E-state index is -0.316. The van der Waals surface area contributed by atoms with Gasteiger partial charge in [0.2, 0.25) is 5.91 Å². The Morgan fingerprint density at radius 1 is 1.50 bits per heavy atom. The summed E-state index contributed by atoms with van der Waals surface area (Å²) in [5.74, 6) is -0.353. The van der Waals surface area contributed by atoms with E-state index in [1.165, 1.54) is 6.07 Å². The number of hydrogen-bond donors (Lipinski definition) is 1. The van der Waals surface area contributed by atoms with E-state index in [2.05, 4.69) is 22.5 Å². The normalized spacial score (nSPS) is 9.75. The molecule has 0 saturated heterocycles. The van der Waals surface area contributed by atoms with Gasteiger partial charge in [-0.3, -0.25) is 4.79 Å². The average molecular weight is 366 g/mol. The molecule has 112 valence electrons. The molecular weight excluding hydrogens is 347 g/mol. The predicted molar refractivity (Wildman–Crippen MR) is 85.3 cm³/mol. The summed E-state index contributed by atoms with van der Waals surface area (Å²) in [7, 11) is 0. The maximum absolute atomic E-state index is 13.7. The van der Waals surface area contributed by atoms with Crippen LogP contribution in [0.3, 0.4) is 0 Å². The number of rotatable bonds is 7. The van der Waals surface area contributed by atoms with Crippen LogP contribution in [-0.4, -0.2) is 23.9 Å². The Hall–Kier alpha value is -0.910. The molecule has 0 aromatic heterocycles. The number of amides is 1. The molecule has 0 radical (unpaired) electrons. The van der Waals surface area contributed by atoms with Gasteiger partial charge in [-0.25, -0.2) is 4.39 Å². The van der Waals surface area contributed by atoms with E-state index in [4.69, 9.17) is 5.73 Å². The van der Waals surface area contributed by atoms with Crippen LogP contribution in [0.2, 0.25) is 0 Å². The fourth-order valence-corrected chi connectivity index (χ4v) is 2.10. The molecule has 0 aliphatic carbocycles. The third-order valence-electron chi connectivity index (χ3n) is 2.67. The summed E-state index contributed by atoms with van der Waals surface area (Å²) in [4.78, 5) is 13.6. The lowest BCUT2D eigenvalue weighted by molar-refractivity contribution is -0.131. The standard InChI is InChI=1S/C14H18BrFN2O.ClH/c1-2-8-18(14(19)4-3-7-17)10-11-9-12(15)5-6-13(11)16;/h2,5-6,9H,1,3-4,7-8,10,17H2;1H. The zero-order valence-corrected chi connectivity index (χ0v) is 13.6. The Labute approximate surface area is 133 Å². The van der Waals surface area contributed by atoms with Gasteiger partial charge >= 0.3 is 0 Å². The van der Waals surface area contributed by atoms with Gasteiger partial charge in [0, 0.05) is 29.5 Å². The van der Waals surface area contributed by atoms with E-state index >= 15 is 0 Å². The van der Waals surface area contributed by atoms with Gasteiger partial charge in [0.25, 0.3) is 0 Å². The molecule has 1 aromatic carbocycles. The van der Waals surface area contributed by atoms with Gasteiger partial charge in [-0.1, -0.05) is 22.0 Å². The van der Waals surface area contributed by atoms with Crippen LogP contribution in [0.15, 0.2) is 35.3 Å². The predicted octanol–water partition coefficient (Wildman–Crippen LogP) is 3.26. The SMILES string of the molecule is C=CCN(Cc1cc(Br)ccc1F)C(=O)CCCN.Cl. The fourth-order valence-electron chi connectivity index (χ4n) is 1.69. The van der Waals surface area contributed by atoms with Crippen molar-refractivity contribution in [1.29, 1.82) is 0 Å². The summed E-state index contributed by atoms with van der Waals surface area (Å²) in [5, 5.41) is 0. The van der Waals surface area contributed by atoms with Crippen LogP contribution in [0.1, 0.15) is 18.4 Å². The molecule has 6 heteroatoms. The second-order valence-electron chi connectivity index (χ2n) is 4.19. The van der Waals surface area contributed by atoms with Gasteiger partial charge in [0.1, 0.15) is 5.82 Å². The van der Waals surface area contributed by atoms with Crippen molar-refractivity contribution in [2.24, 2.45) is 5.73 Å². The maximum Gasteiger partial charge on any atom is 0.223 e. The minimum Gasteiger partial charge on any atom is -0.335 e. The van der Waals surface area contributed by atoms with Crippen LogP contribution in [0, 0.1) is 5.82 Å². The molecule has 0 aliphatic heterocycles. The Balaban J connectivity index is 0.00000361. The number of nitrogens with zero attached hydrogens (tertiary/aromatic N) is 1. The van der Waals surface area contributed by atoms with E-state index in [1.54, 1.807) is 23.1 Å². The zero-order chi connectivity index (χ0) is 14.3. The van der Waals surface area contributed by atoms with Crippen LogP contribution in [0.5, 0.6) is 0 Å². The van der Waals surface area contributed by atoms with Crippen molar-refractivity contribution < 1.29 is 9.18 Å². The number of nitrogens with two attached hydrogens (primary N) is 1. The summed E-state index contributed by atoms with van der Waals surface area (Å²) in [6.45, 7) is 4.73. The van der Waals surface area contributed by atoms with E-state index < -0.39 is 0 Å². The summed E-state index contributed by atoms with van der Waals surface area (Å²) < 4.78 is 14.5. The first-order chi connectivity index (χ1) is 9.08. The van der Waals surface area contributed by atoms with Crippen molar-refractivity contribution in [3.63, 3.8) is 0 Å². The van der Waals surface area contributed by atoms with E-state index in [0.29, 0.717) is 31.5 Å². The van der Waals surface area contributed by atoms with Crippen LogP contribution < -0.4 is 5.73 Å².